The molecule has 1 amide bonds. The van der Waals surface area contributed by atoms with Gasteiger partial charge in [-0.2, -0.15) is 0 Å². The average Bonchev–Trinajstić information content (AvgIpc) is 3.12. The van der Waals surface area contributed by atoms with Crippen molar-refractivity contribution in [3.63, 3.8) is 0 Å². The number of amides is 1. The fourth-order valence-corrected chi connectivity index (χ4v) is 2.82. The predicted octanol–water partition coefficient (Wildman–Crippen LogP) is 3.19. The van der Waals surface area contributed by atoms with Crippen LogP contribution in [0, 0.1) is 5.92 Å². The van der Waals surface area contributed by atoms with E-state index < -0.39 is 12.0 Å². The van der Waals surface area contributed by atoms with E-state index in [0.29, 0.717) is 10.9 Å². The second-order valence-electron chi connectivity index (χ2n) is 5.62. The van der Waals surface area contributed by atoms with Gasteiger partial charge in [0.05, 0.1) is 12.9 Å². The lowest BCUT2D eigenvalue weighted by atomic mass is 9.99. The van der Waals surface area contributed by atoms with Gasteiger partial charge in [0.15, 0.2) is 0 Å². The molecule has 0 unspecified atom stereocenters. The van der Waals surface area contributed by atoms with Crippen LogP contribution in [0.5, 0.6) is 0 Å². The van der Waals surface area contributed by atoms with Crippen molar-refractivity contribution in [2.75, 3.05) is 12.9 Å². The minimum absolute atomic E-state index is 0.0312. The highest BCUT2D eigenvalue weighted by Gasteiger charge is 2.26. The first-order chi connectivity index (χ1) is 12.4. The zero-order valence-corrected chi connectivity index (χ0v) is 16.3. The first kappa shape index (κ1) is 20.3. The van der Waals surface area contributed by atoms with Crippen LogP contribution in [0.2, 0.25) is 5.02 Å². The maximum atomic E-state index is 12.1. The van der Waals surface area contributed by atoms with Crippen LogP contribution >= 0.6 is 23.4 Å². The number of nitrogens with one attached hydrogen (secondary N) is 1. The molecule has 0 aliphatic carbocycles. The van der Waals surface area contributed by atoms with Gasteiger partial charge in [0.1, 0.15) is 6.04 Å². The Balaban J connectivity index is 1.92. The number of carbonyl (C=O) groups is 2. The van der Waals surface area contributed by atoms with Crippen molar-refractivity contribution < 1.29 is 18.7 Å². The number of halogens is 1. The van der Waals surface area contributed by atoms with Gasteiger partial charge in [0, 0.05) is 10.6 Å². The zero-order valence-electron chi connectivity index (χ0n) is 14.7. The summed E-state index contributed by atoms with van der Waals surface area (Å²) < 4.78 is 10.3. The van der Waals surface area contributed by atoms with E-state index in [1.54, 1.807) is 24.3 Å². The normalized spacial score (nSPS) is 13.1. The number of aromatic nitrogens is 2. The maximum Gasteiger partial charge on any atom is 0.328 e. The van der Waals surface area contributed by atoms with Crippen LogP contribution in [-0.2, 0) is 14.3 Å². The topological polar surface area (TPSA) is 94.3 Å². The summed E-state index contributed by atoms with van der Waals surface area (Å²) in [7, 11) is 1.30. The predicted molar refractivity (Wildman–Crippen MR) is 98.9 cm³/mol. The van der Waals surface area contributed by atoms with E-state index in [-0.39, 0.29) is 22.8 Å². The second-order valence-corrected chi connectivity index (χ2v) is 6.99. The number of esters is 1. The summed E-state index contributed by atoms with van der Waals surface area (Å²) in [5.74, 6) is -0.406. The number of ether oxygens (including phenoxy) is 1. The van der Waals surface area contributed by atoms with Crippen LogP contribution in [0.3, 0.4) is 0 Å². The van der Waals surface area contributed by atoms with Crippen molar-refractivity contribution in [1.29, 1.82) is 0 Å². The van der Waals surface area contributed by atoms with Crippen molar-refractivity contribution in [2.45, 2.75) is 31.5 Å². The maximum absolute atomic E-state index is 12.1. The number of hydrogen-bond donors (Lipinski definition) is 1. The Morgan fingerprint density at radius 1 is 1.31 bits per heavy atom. The van der Waals surface area contributed by atoms with Crippen molar-refractivity contribution in [3.05, 3.63) is 29.3 Å². The SMILES string of the molecule is CC[C@H](C)[C@H](NC(=O)CSc1nnc(-c2ccc(Cl)cc2)o1)C(=O)OC. The molecule has 0 spiro atoms. The van der Waals surface area contributed by atoms with Crippen molar-refractivity contribution >= 4 is 35.2 Å². The van der Waals surface area contributed by atoms with Crippen LogP contribution in [0.1, 0.15) is 20.3 Å². The lowest BCUT2D eigenvalue weighted by Gasteiger charge is -2.21. The van der Waals surface area contributed by atoms with Crippen LogP contribution in [0.4, 0.5) is 0 Å². The molecule has 0 bridgehead atoms. The van der Waals surface area contributed by atoms with E-state index in [2.05, 4.69) is 15.5 Å². The fraction of sp³-hybridized carbons (Fsp3) is 0.412. The molecular weight excluding hydrogens is 378 g/mol. The molecule has 0 radical (unpaired) electrons. The number of thioether (sulfide) groups is 1. The first-order valence-electron chi connectivity index (χ1n) is 8.04. The molecule has 1 N–H and O–H groups in total. The van der Waals surface area contributed by atoms with Gasteiger partial charge in [-0.1, -0.05) is 43.6 Å². The number of nitrogens with zero attached hydrogens (tertiary/aromatic N) is 2. The Morgan fingerprint density at radius 2 is 2.00 bits per heavy atom. The molecule has 0 aliphatic rings. The van der Waals surface area contributed by atoms with E-state index in [4.69, 9.17) is 20.8 Å². The highest BCUT2D eigenvalue weighted by atomic mass is 35.5. The third-order valence-corrected chi connectivity index (χ3v) is 4.88. The number of carbonyl (C=O) groups excluding carboxylic acids is 2. The molecule has 9 heteroatoms. The quantitative estimate of drug-likeness (QED) is 0.539. The van der Waals surface area contributed by atoms with Crippen molar-refractivity contribution in [3.8, 4) is 11.5 Å². The molecule has 140 valence electrons. The van der Waals surface area contributed by atoms with Crippen LogP contribution in [0.25, 0.3) is 11.5 Å². The summed E-state index contributed by atoms with van der Waals surface area (Å²) in [6.07, 6.45) is 0.737. The number of methoxy groups -OCH3 is 1. The average molecular weight is 398 g/mol. The van der Waals surface area contributed by atoms with Gasteiger partial charge >= 0.3 is 5.97 Å². The molecule has 2 aromatic rings. The van der Waals surface area contributed by atoms with Crippen LogP contribution in [0.15, 0.2) is 33.9 Å². The van der Waals surface area contributed by atoms with Gasteiger partial charge < -0.3 is 14.5 Å². The number of rotatable bonds is 8. The summed E-state index contributed by atoms with van der Waals surface area (Å²) >= 11 is 6.94. The summed E-state index contributed by atoms with van der Waals surface area (Å²) in [5.41, 5.74) is 0.737. The lowest BCUT2D eigenvalue weighted by molar-refractivity contribution is -0.146. The van der Waals surface area contributed by atoms with Gasteiger partial charge in [-0.3, -0.25) is 4.79 Å². The van der Waals surface area contributed by atoms with Gasteiger partial charge in [-0.15, -0.1) is 10.2 Å². The molecule has 7 nitrogen and oxygen atoms in total. The van der Waals surface area contributed by atoms with Gasteiger partial charge in [0.25, 0.3) is 5.22 Å². The van der Waals surface area contributed by atoms with E-state index in [0.717, 1.165) is 23.7 Å². The molecule has 0 saturated heterocycles. The lowest BCUT2D eigenvalue weighted by Crippen LogP contribution is -2.46. The molecule has 2 atom stereocenters. The summed E-state index contributed by atoms with van der Waals surface area (Å²) in [6.45, 7) is 3.82. The highest BCUT2D eigenvalue weighted by Crippen LogP contribution is 2.24. The Labute approximate surface area is 160 Å². The second kappa shape index (κ2) is 9.59. The zero-order chi connectivity index (χ0) is 19.1. The largest absolute Gasteiger partial charge is 0.467 e. The van der Waals surface area contributed by atoms with Crippen LogP contribution < -0.4 is 5.32 Å². The molecule has 1 aromatic heterocycles. The monoisotopic (exact) mass is 397 g/mol. The van der Waals surface area contributed by atoms with Crippen LogP contribution in [-0.4, -0.2) is 41.0 Å². The first-order valence-corrected chi connectivity index (χ1v) is 9.40. The Hall–Kier alpha value is -2.06. The summed E-state index contributed by atoms with van der Waals surface area (Å²) in [5, 5.41) is 11.4. The minimum atomic E-state index is -0.676. The van der Waals surface area contributed by atoms with Gasteiger partial charge in [-0.05, 0) is 30.2 Å². The number of benzene rings is 1. The molecule has 0 saturated carbocycles. The smallest absolute Gasteiger partial charge is 0.328 e. The molecule has 0 aliphatic heterocycles. The fourth-order valence-electron chi connectivity index (χ4n) is 2.12. The third kappa shape index (κ3) is 5.47. The minimum Gasteiger partial charge on any atom is -0.467 e. The molecule has 1 aromatic carbocycles. The highest BCUT2D eigenvalue weighted by molar-refractivity contribution is 7.99. The molecular formula is C17H20ClN3O4S. The van der Waals surface area contributed by atoms with Gasteiger partial charge in [-0.25, -0.2) is 4.79 Å². The van der Waals surface area contributed by atoms with Crippen molar-refractivity contribution in [1.82, 2.24) is 15.5 Å². The Kier molecular flexibility index (Phi) is 7.47. The third-order valence-electron chi connectivity index (χ3n) is 3.81. The van der Waals surface area contributed by atoms with E-state index in [1.165, 1.54) is 7.11 Å². The number of hydrogen-bond acceptors (Lipinski definition) is 7. The Bertz CT molecular complexity index is 751. The molecule has 26 heavy (non-hydrogen) atoms. The van der Waals surface area contributed by atoms with E-state index >= 15 is 0 Å². The molecule has 2 rings (SSSR count). The molecule has 0 fully saturated rings. The molecule has 1 heterocycles. The van der Waals surface area contributed by atoms with E-state index in [9.17, 15) is 9.59 Å². The van der Waals surface area contributed by atoms with E-state index in [1.807, 2.05) is 13.8 Å². The Morgan fingerprint density at radius 3 is 2.62 bits per heavy atom. The van der Waals surface area contributed by atoms with Gasteiger partial charge in [0.2, 0.25) is 11.8 Å². The standard InChI is InChI=1S/C17H20ClN3O4S/c1-4-10(2)14(16(23)24-3)19-13(22)9-26-17-21-20-15(25-17)11-5-7-12(18)8-6-11/h5-8,10,14H,4,9H2,1-3H3,(H,19,22)/t10-,14-/m0/s1. The summed E-state index contributed by atoms with van der Waals surface area (Å²) in [6, 6.07) is 6.31. The van der Waals surface area contributed by atoms with Crippen molar-refractivity contribution in [2.24, 2.45) is 5.92 Å². The summed E-state index contributed by atoms with van der Waals surface area (Å²) in [4.78, 5) is 23.9.